The van der Waals surface area contributed by atoms with E-state index in [0.717, 1.165) is 16.7 Å². The number of aryl methyl sites for hydroxylation is 1. The van der Waals surface area contributed by atoms with Gasteiger partial charge in [0.25, 0.3) is 0 Å². The van der Waals surface area contributed by atoms with E-state index in [-0.39, 0.29) is 5.97 Å². The third-order valence-corrected chi connectivity index (χ3v) is 4.81. The zero-order chi connectivity index (χ0) is 17.8. The number of esters is 1. The summed E-state index contributed by atoms with van der Waals surface area (Å²) in [4.78, 5) is 11.4. The molecule has 2 N–H and O–H groups in total. The first-order chi connectivity index (χ1) is 12.1. The summed E-state index contributed by atoms with van der Waals surface area (Å²) in [6, 6.07) is 15.2. The van der Waals surface area contributed by atoms with Gasteiger partial charge in [-0.15, -0.1) is 10.2 Å². The maximum absolute atomic E-state index is 11.4. The molecule has 1 aromatic heterocycles. The van der Waals surface area contributed by atoms with Crippen LogP contribution in [0.25, 0.3) is 11.4 Å². The van der Waals surface area contributed by atoms with E-state index in [4.69, 9.17) is 10.6 Å². The van der Waals surface area contributed by atoms with Crippen molar-refractivity contribution in [3.63, 3.8) is 0 Å². The molecule has 0 fully saturated rings. The second kappa shape index (κ2) is 7.40. The fourth-order valence-corrected chi connectivity index (χ4v) is 3.20. The number of aromatic nitrogens is 3. The summed E-state index contributed by atoms with van der Waals surface area (Å²) < 4.78 is 6.20. The van der Waals surface area contributed by atoms with Gasteiger partial charge in [0.15, 0.2) is 5.82 Å². The first-order valence-electron chi connectivity index (χ1n) is 7.66. The van der Waals surface area contributed by atoms with Crippen molar-refractivity contribution in [3.8, 4) is 11.4 Å². The molecule has 0 aliphatic heterocycles. The lowest BCUT2D eigenvalue weighted by molar-refractivity contribution is 0.0600. The van der Waals surface area contributed by atoms with Crippen LogP contribution in [0.3, 0.4) is 0 Å². The summed E-state index contributed by atoms with van der Waals surface area (Å²) >= 11 is 1.49. The lowest BCUT2D eigenvalue weighted by Gasteiger charge is -2.06. The molecule has 0 aliphatic rings. The van der Waals surface area contributed by atoms with Crippen LogP contribution in [0.2, 0.25) is 0 Å². The van der Waals surface area contributed by atoms with E-state index >= 15 is 0 Å². The number of rotatable bonds is 5. The molecule has 0 radical (unpaired) electrons. The second-order valence-corrected chi connectivity index (χ2v) is 6.41. The Kier molecular flexibility index (Phi) is 5.04. The molecule has 7 heteroatoms. The maximum Gasteiger partial charge on any atom is 0.337 e. The Morgan fingerprint density at radius 1 is 1.16 bits per heavy atom. The zero-order valence-corrected chi connectivity index (χ0v) is 14.8. The smallest absolute Gasteiger partial charge is 0.337 e. The molecule has 0 amide bonds. The predicted octanol–water partition coefficient (Wildman–Crippen LogP) is 3.05. The van der Waals surface area contributed by atoms with Gasteiger partial charge in [0.1, 0.15) is 0 Å². The second-order valence-electron chi connectivity index (χ2n) is 5.47. The number of ether oxygens (including phenoxy) is 1. The summed E-state index contributed by atoms with van der Waals surface area (Å²) in [5.41, 5.74) is 3.64. The Balaban J connectivity index is 1.72. The highest BCUT2D eigenvalue weighted by Gasteiger charge is 2.14. The van der Waals surface area contributed by atoms with Crippen LogP contribution in [0.1, 0.15) is 21.5 Å². The Morgan fingerprint density at radius 2 is 1.88 bits per heavy atom. The minimum absolute atomic E-state index is 0.344. The molecular formula is C18H18N4O2S. The number of nitrogen functional groups attached to an aromatic ring is 1. The van der Waals surface area contributed by atoms with Crippen molar-refractivity contribution in [2.75, 3.05) is 13.0 Å². The van der Waals surface area contributed by atoms with Crippen molar-refractivity contribution >= 4 is 17.7 Å². The Morgan fingerprint density at radius 3 is 2.56 bits per heavy atom. The van der Waals surface area contributed by atoms with Crippen LogP contribution < -0.4 is 5.84 Å². The first kappa shape index (κ1) is 17.0. The molecule has 25 heavy (non-hydrogen) atoms. The number of nitrogens with zero attached hydrogens (tertiary/aromatic N) is 3. The molecule has 0 unspecified atom stereocenters. The summed E-state index contributed by atoms with van der Waals surface area (Å²) in [7, 11) is 1.37. The van der Waals surface area contributed by atoms with Crippen LogP contribution in [0.4, 0.5) is 0 Å². The fraction of sp³-hybridized carbons (Fsp3) is 0.167. The van der Waals surface area contributed by atoms with Gasteiger partial charge in [-0.25, -0.2) is 9.47 Å². The molecular weight excluding hydrogens is 336 g/mol. The van der Waals surface area contributed by atoms with Crippen LogP contribution in [0, 0.1) is 6.92 Å². The highest BCUT2D eigenvalue weighted by molar-refractivity contribution is 7.98. The zero-order valence-electron chi connectivity index (χ0n) is 14.0. The average molecular weight is 354 g/mol. The van der Waals surface area contributed by atoms with Crippen molar-refractivity contribution < 1.29 is 9.53 Å². The fourth-order valence-electron chi connectivity index (χ4n) is 2.39. The molecule has 0 spiro atoms. The predicted molar refractivity (Wildman–Crippen MR) is 97.7 cm³/mol. The topological polar surface area (TPSA) is 83.0 Å². The minimum Gasteiger partial charge on any atom is -0.465 e. The molecule has 3 aromatic rings. The third kappa shape index (κ3) is 3.66. The minimum atomic E-state index is -0.344. The largest absolute Gasteiger partial charge is 0.465 e. The Labute approximate surface area is 150 Å². The van der Waals surface area contributed by atoms with E-state index in [0.29, 0.717) is 22.3 Å². The van der Waals surface area contributed by atoms with E-state index < -0.39 is 0 Å². The van der Waals surface area contributed by atoms with E-state index in [1.54, 1.807) is 12.1 Å². The number of carbonyl (C=O) groups excluding carboxylic acids is 1. The number of methoxy groups -OCH3 is 1. The number of hydrogen-bond donors (Lipinski definition) is 1. The van der Waals surface area contributed by atoms with Crippen LogP contribution in [0.5, 0.6) is 0 Å². The van der Waals surface area contributed by atoms with Crippen molar-refractivity contribution in [3.05, 3.63) is 65.2 Å². The van der Waals surface area contributed by atoms with Gasteiger partial charge in [-0.1, -0.05) is 48.2 Å². The monoisotopic (exact) mass is 354 g/mol. The van der Waals surface area contributed by atoms with Crippen LogP contribution >= 0.6 is 11.8 Å². The van der Waals surface area contributed by atoms with Gasteiger partial charge >= 0.3 is 5.97 Å². The van der Waals surface area contributed by atoms with Crippen molar-refractivity contribution in [1.82, 2.24) is 14.9 Å². The normalized spacial score (nSPS) is 10.6. The summed E-state index contributed by atoms with van der Waals surface area (Å²) in [5.74, 6) is 7.13. The third-order valence-electron chi connectivity index (χ3n) is 3.79. The highest BCUT2D eigenvalue weighted by Crippen LogP contribution is 2.26. The molecule has 0 atom stereocenters. The molecule has 3 rings (SSSR count). The number of thioether (sulfide) groups is 1. The summed E-state index contributed by atoms with van der Waals surface area (Å²) in [6.07, 6.45) is 0. The number of benzene rings is 2. The van der Waals surface area contributed by atoms with Gasteiger partial charge in [-0.3, -0.25) is 0 Å². The summed E-state index contributed by atoms with van der Waals surface area (Å²) in [6.45, 7) is 2.01. The van der Waals surface area contributed by atoms with E-state index in [9.17, 15) is 4.79 Å². The highest BCUT2D eigenvalue weighted by atomic mass is 32.2. The van der Waals surface area contributed by atoms with Gasteiger partial charge in [-0.2, -0.15) is 0 Å². The van der Waals surface area contributed by atoms with Gasteiger partial charge in [0, 0.05) is 11.3 Å². The van der Waals surface area contributed by atoms with Crippen LogP contribution in [0.15, 0.2) is 53.7 Å². The molecule has 0 saturated heterocycles. The molecule has 128 valence electrons. The van der Waals surface area contributed by atoms with Gasteiger partial charge in [0.2, 0.25) is 5.16 Å². The van der Waals surface area contributed by atoms with Gasteiger partial charge in [-0.05, 0) is 30.2 Å². The van der Waals surface area contributed by atoms with E-state index in [1.807, 2.05) is 43.3 Å². The van der Waals surface area contributed by atoms with Gasteiger partial charge < -0.3 is 10.6 Å². The number of carbonyl (C=O) groups is 1. The lowest BCUT2D eigenvalue weighted by Crippen LogP contribution is -2.12. The summed E-state index contributed by atoms with van der Waals surface area (Å²) in [5, 5.41) is 9.03. The quantitative estimate of drug-likeness (QED) is 0.431. The number of nitrogens with two attached hydrogens (primary N) is 1. The molecule has 6 nitrogen and oxygen atoms in total. The van der Waals surface area contributed by atoms with Crippen LogP contribution in [-0.2, 0) is 10.5 Å². The molecule has 0 saturated carbocycles. The van der Waals surface area contributed by atoms with Crippen molar-refractivity contribution in [1.29, 1.82) is 0 Å². The Bertz CT molecular complexity index is 890. The van der Waals surface area contributed by atoms with Crippen molar-refractivity contribution in [2.45, 2.75) is 17.8 Å². The van der Waals surface area contributed by atoms with Gasteiger partial charge in [0.05, 0.1) is 12.7 Å². The SMILES string of the molecule is COC(=O)c1ccc(CSc2nnc(-c3ccccc3C)n2N)cc1. The van der Waals surface area contributed by atoms with E-state index in [1.165, 1.54) is 23.5 Å². The standard InChI is InChI=1S/C18H18N4O2S/c1-12-5-3-4-6-15(12)16-20-21-18(22(16)19)25-11-13-7-9-14(10-8-13)17(23)24-2/h3-10H,11,19H2,1-2H3. The maximum atomic E-state index is 11.4. The average Bonchev–Trinajstić information content (AvgIpc) is 3.00. The van der Waals surface area contributed by atoms with Crippen LogP contribution in [-0.4, -0.2) is 28.0 Å². The number of hydrogen-bond acceptors (Lipinski definition) is 6. The molecule has 0 aliphatic carbocycles. The van der Waals surface area contributed by atoms with Crippen molar-refractivity contribution in [2.24, 2.45) is 0 Å². The lowest BCUT2D eigenvalue weighted by atomic mass is 10.1. The Hall–Kier alpha value is -2.80. The molecule has 0 bridgehead atoms. The molecule has 2 aromatic carbocycles. The molecule has 1 heterocycles. The first-order valence-corrected chi connectivity index (χ1v) is 8.65. The van der Waals surface area contributed by atoms with E-state index in [2.05, 4.69) is 10.2 Å².